The van der Waals surface area contributed by atoms with E-state index in [1.807, 2.05) is 18.2 Å². The monoisotopic (exact) mass is 378 g/mol. The number of nitrogens with zero attached hydrogens (tertiary/aromatic N) is 3. The fraction of sp³-hybridized carbons (Fsp3) is 0.353. The Hall–Kier alpha value is -2.58. The zero-order valence-electron chi connectivity index (χ0n) is 14.4. The van der Waals surface area contributed by atoms with Crippen molar-refractivity contribution in [1.82, 2.24) is 14.7 Å². The van der Waals surface area contributed by atoms with E-state index in [1.165, 1.54) is 17.9 Å². The SMILES string of the molecule is COC(=O)c1cc(NC(=O)N2CCOC(c3cccc(Cl)c3)C2)nn1C. The molecule has 8 nitrogen and oxygen atoms in total. The van der Waals surface area contributed by atoms with Crippen LogP contribution in [0.25, 0.3) is 0 Å². The number of rotatable bonds is 3. The summed E-state index contributed by atoms with van der Waals surface area (Å²) in [4.78, 5) is 25.8. The topological polar surface area (TPSA) is 85.7 Å². The number of urea groups is 1. The standard InChI is InChI=1S/C17H19ClN4O4/c1-21-13(16(23)25-2)9-15(20-21)19-17(24)22-6-7-26-14(10-22)11-4-3-5-12(18)8-11/h3-5,8-9,14H,6-7,10H2,1-2H3,(H,19,20,24). The molecule has 3 rings (SSSR count). The summed E-state index contributed by atoms with van der Waals surface area (Å²) >= 11 is 6.03. The maximum atomic E-state index is 12.5. The number of esters is 1. The number of halogens is 1. The maximum Gasteiger partial charge on any atom is 0.356 e. The molecule has 1 aliphatic rings. The van der Waals surface area contributed by atoms with Crippen LogP contribution in [0.3, 0.4) is 0 Å². The molecule has 1 aliphatic heterocycles. The van der Waals surface area contributed by atoms with Crippen molar-refractivity contribution in [1.29, 1.82) is 0 Å². The number of anilines is 1. The van der Waals surface area contributed by atoms with Crippen molar-refractivity contribution in [3.8, 4) is 0 Å². The molecule has 2 heterocycles. The highest BCUT2D eigenvalue weighted by Gasteiger charge is 2.26. The molecule has 1 aromatic carbocycles. The Morgan fingerprint density at radius 2 is 2.19 bits per heavy atom. The van der Waals surface area contributed by atoms with Gasteiger partial charge in [0.15, 0.2) is 5.82 Å². The highest BCUT2D eigenvalue weighted by molar-refractivity contribution is 6.30. The van der Waals surface area contributed by atoms with Gasteiger partial charge in [-0.1, -0.05) is 23.7 Å². The molecule has 1 aromatic heterocycles. The van der Waals surface area contributed by atoms with E-state index in [1.54, 1.807) is 18.0 Å². The van der Waals surface area contributed by atoms with Crippen LogP contribution >= 0.6 is 11.6 Å². The van der Waals surface area contributed by atoms with Gasteiger partial charge in [-0.25, -0.2) is 9.59 Å². The third-order valence-electron chi connectivity index (χ3n) is 4.08. The number of benzene rings is 1. The van der Waals surface area contributed by atoms with Gasteiger partial charge in [0.2, 0.25) is 0 Å². The van der Waals surface area contributed by atoms with Crippen LogP contribution in [0.1, 0.15) is 22.2 Å². The average molecular weight is 379 g/mol. The molecule has 1 saturated heterocycles. The largest absolute Gasteiger partial charge is 0.464 e. The molecule has 1 unspecified atom stereocenters. The number of aromatic nitrogens is 2. The second-order valence-electron chi connectivity index (χ2n) is 5.82. The minimum Gasteiger partial charge on any atom is -0.464 e. The molecule has 1 N–H and O–H groups in total. The van der Waals surface area contributed by atoms with Crippen LogP contribution in [0, 0.1) is 0 Å². The molecule has 138 valence electrons. The summed E-state index contributed by atoms with van der Waals surface area (Å²) in [5.41, 5.74) is 1.17. The van der Waals surface area contributed by atoms with E-state index in [0.29, 0.717) is 24.7 Å². The lowest BCUT2D eigenvalue weighted by Crippen LogP contribution is -2.44. The first-order chi connectivity index (χ1) is 12.5. The summed E-state index contributed by atoms with van der Waals surface area (Å²) in [6.07, 6.45) is -0.248. The Kier molecular flexibility index (Phi) is 5.43. The van der Waals surface area contributed by atoms with Crippen molar-refractivity contribution < 1.29 is 19.1 Å². The summed E-state index contributed by atoms with van der Waals surface area (Å²) in [5, 5.41) is 7.43. The molecule has 1 fully saturated rings. The lowest BCUT2D eigenvalue weighted by molar-refractivity contribution is -0.0135. The normalized spacial score (nSPS) is 17.0. The zero-order valence-corrected chi connectivity index (χ0v) is 15.2. The molecular weight excluding hydrogens is 360 g/mol. The van der Waals surface area contributed by atoms with E-state index in [4.69, 9.17) is 16.3 Å². The summed E-state index contributed by atoms with van der Waals surface area (Å²) in [7, 11) is 2.89. The summed E-state index contributed by atoms with van der Waals surface area (Å²) in [6.45, 7) is 1.27. The van der Waals surface area contributed by atoms with Gasteiger partial charge in [-0.15, -0.1) is 0 Å². The Labute approximate surface area is 155 Å². The Morgan fingerprint density at radius 3 is 2.92 bits per heavy atom. The Bertz CT molecular complexity index is 823. The van der Waals surface area contributed by atoms with E-state index in [-0.39, 0.29) is 23.6 Å². The van der Waals surface area contributed by atoms with Crippen LogP contribution < -0.4 is 5.32 Å². The molecule has 1 atom stereocenters. The first-order valence-corrected chi connectivity index (χ1v) is 8.41. The van der Waals surface area contributed by atoms with Crippen molar-refractivity contribution in [3.05, 3.63) is 46.6 Å². The molecule has 0 saturated carbocycles. The minimum atomic E-state index is -0.520. The fourth-order valence-electron chi connectivity index (χ4n) is 2.75. The number of carbonyl (C=O) groups excluding carboxylic acids is 2. The van der Waals surface area contributed by atoms with E-state index in [9.17, 15) is 9.59 Å². The van der Waals surface area contributed by atoms with E-state index >= 15 is 0 Å². The van der Waals surface area contributed by atoms with Crippen LogP contribution in [-0.4, -0.2) is 53.5 Å². The van der Waals surface area contributed by atoms with Gasteiger partial charge in [0.1, 0.15) is 11.8 Å². The third-order valence-corrected chi connectivity index (χ3v) is 4.32. The van der Waals surface area contributed by atoms with Crippen LogP contribution in [0.2, 0.25) is 5.02 Å². The predicted molar refractivity (Wildman–Crippen MR) is 95.3 cm³/mol. The Morgan fingerprint density at radius 1 is 1.38 bits per heavy atom. The number of carbonyl (C=O) groups is 2. The first kappa shape index (κ1) is 18.2. The maximum absolute atomic E-state index is 12.5. The van der Waals surface area contributed by atoms with Crippen LogP contribution in [0.4, 0.5) is 10.6 Å². The average Bonchev–Trinajstić information content (AvgIpc) is 3.01. The number of ether oxygens (including phenoxy) is 2. The molecule has 2 amide bonds. The van der Waals surface area contributed by atoms with Gasteiger partial charge in [-0.3, -0.25) is 10.00 Å². The van der Waals surface area contributed by atoms with Gasteiger partial charge in [-0.05, 0) is 17.7 Å². The number of amides is 2. The molecule has 26 heavy (non-hydrogen) atoms. The highest BCUT2D eigenvalue weighted by Crippen LogP contribution is 2.25. The molecule has 0 spiro atoms. The summed E-state index contributed by atoms with van der Waals surface area (Å²) in [6, 6.07) is 8.54. The lowest BCUT2D eigenvalue weighted by Gasteiger charge is -2.33. The van der Waals surface area contributed by atoms with Gasteiger partial charge in [0.05, 0.1) is 20.3 Å². The first-order valence-electron chi connectivity index (χ1n) is 8.03. The van der Waals surface area contributed by atoms with E-state index in [2.05, 4.69) is 15.2 Å². The molecule has 0 aliphatic carbocycles. The van der Waals surface area contributed by atoms with Crippen LogP contribution in [0.5, 0.6) is 0 Å². The van der Waals surface area contributed by atoms with Crippen molar-refractivity contribution in [2.45, 2.75) is 6.10 Å². The number of hydrogen-bond donors (Lipinski definition) is 1. The number of methoxy groups -OCH3 is 1. The quantitative estimate of drug-likeness (QED) is 0.829. The van der Waals surface area contributed by atoms with Gasteiger partial charge in [0, 0.05) is 24.7 Å². The van der Waals surface area contributed by atoms with Gasteiger partial charge >= 0.3 is 12.0 Å². The van der Waals surface area contributed by atoms with E-state index < -0.39 is 5.97 Å². The van der Waals surface area contributed by atoms with Crippen LogP contribution in [0.15, 0.2) is 30.3 Å². The molecular formula is C17H19ClN4O4. The zero-order chi connectivity index (χ0) is 18.7. The van der Waals surface area contributed by atoms with Crippen molar-refractivity contribution in [3.63, 3.8) is 0 Å². The van der Waals surface area contributed by atoms with Gasteiger partial charge in [-0.2, -0.15) is 5.10 Å². The third kappa shape index (κ3) is 3.97. The number of morpholine rings is 1. The number of nitrogens with one attached hydrogen (secondary N) is 1. The number of hydrogen-bond acceptors (Lipinski definition) is 5. The van der Waals surface area contributed by atoms with Crippen molar-refractivity contribution in [2.75, 3.05) is 32.1 Å². The second-order valence-corrected chi connectivity index (χ2v) is 6.26. The lowest BCUT2D eigenvalue weighted by atomic mass is 10.1. The predicted octanol–water partition coefficient (Wildman–Crippen LogP) is 2.47. The summed E-state index contributed by atoms with van der Waals surface area (Å²) in [5.74, 6) is -0.239. The van der Waals surface area contributed by atoms with Crippen molar-refractivity contribution >= 4 is 29.4 Å². The molecule has 0 radical (unpaired) electrons. The van der Waals surface area contributed by atoms with Gasteiger partial charge < -0.3 is 14.4 Å². The minimum absolute atomic E-state index is 0.248. The highest BCUT2D eigenvalue weighted by atomic mass is 35.5. The second kappa shape index (κ2) is 7.76. The summed E-state index contributed by atoms with van der Waals surface area (Å²) < 4.78 is 11.8. The van der Waals surface area contributed by atoms with Gasteiger partial charge in [0.25, 0.3) is 0 Å². The molecule has 0 bridgehead atoms. The van der Waals surface area contributed by atoms with E-state index in [0.717, 1.165) is 5.56 Å². The smallest absolute Gasteiger partial charge is 0.356 e. The number of aryl methyl sites for hydroxylation is 1. The Balaban J connectivity index is 1.67. The molecule has 2 aromatic rings. The molecule has 9 heteroatoms. The fourth-order valence-corrected chi connectivity index (χ4v) is 2.95. The van der Waals surface area contributed by atoms with Crippen LogP contribution in [-0.2, 0) is 16.5 Å². The van der Waals surface area contributed by atoms with Crippen molar-refractivity contribution in [2.24, 2.45) is 7.05 Å².